The summed E-state index contributed by atoms with van der Waals surface area (Å²) in [5.41, 5.74) is 2.43. The zero-order valence-corrected chi connectivity index (χ0v) is 18.1. The number of esters is 1. The van der Waals surface area contributed by atoms with Gasteiger partial charge in [0.1, 0.15) is 0 Å². The fourth-order valence-electron chi connectivity index (χ4n) is 2.70. The molecule has 0 saturated heterocycles. The van der Waals surface area contributed by atoms with E-state index in [1.54, 1.807) is 0 Å². The van der Waals surface area contributed by atoms with Gasteiger partial charge in [-0.25, -0.2) is 0 Å². The van der Waals surface area contributed by atoms with E-state index in [1.807, 2.05) is 12.1 Å². The van der Waals surface area contributed by atoms with Crippen molar-refractivity contribution in [2.45, 2.75) is 65.2 Å². The molecule has 0 aliphatic rings. The van der Waals surface area contributed by atoms with Gasteiger partial charge in [0.05, 0.1) is 0 Å². The van der Waals surface area contributed by atoms with Crippen LogP contribution in [0.2, 0.25) is 0 Å². The fraction of sp³-hybridized carbons (Fsp3) is 0.611. The van der Waals surface area contributed by atoms with Crippen LogP contribution in [0.5, 0.6) is 0 Å². The molecule has 0 heterocycles. The Morgan fingerprint density at radius 2 is 1.50 bits per heavy atom. The number of hydrogen-bond acceptors (Lipinski definition) is 3. The Hall–Kier alpha value is -0.340. The molecular weight excluding hydrogens is 366 g/mol. The molecule has 0 amide bonds. The van der Waals surface area contributed by atoms with Gasteiger partial charge in [0, 0.05) is 0 Å². The van der Waals surface area contributed by atoms with Crippen LogP contribution in [0.25, 0.3) is 0 Å². The van der Waals surface area contributed by atoms with Crippen LogP contribution in [0.15, 0.2) is 12.1 Å². The average Bonchev–Trinajstić information content (AvgIpc) is 2.40. The summed E-state index contributed by atoms with van der Waals surface area (Å²) in [6, 6.07) is 4.02. The van der Waals surface area contributed by atoms with Crippen LogP contribution in [-0.4, -0.2) is 18.0 Å². The fourth-order valence-corrected chi connectivity index (χ4v) is 5.47. The maximum absolute atomic E-state index is 11.5. The third-order valence-corrected chi connectivity index (χ3v) is 6.23. The summed E-state index contributed by atoms with van der Waals surface area (Å²) in [5.74, 6) is -0.241. The number of rotatable bonds is 4. The van der Waals surface area contributed by atoms with Gasteiger partial charge in [-0.05, 0) is 0 Å². The van der Waals surface area contributed by atoms with Crippen molar-refractivity contribution in [3.05, 3.63) is 28.8 Å². The first-order valence-corrected chi connectivity index (χ1v) is 12.0. The third kappa shape index (κ3) is 5.59. The first-order valence-electron chi connectivity index (χ1n) is 8.03. The predicted octanol–water partition coefficient (Wildman–Crippen LogP) is 4.98. The van der Waals surface area contributed by atoms with Crippen molar-refractivity contribution >= 4 is 40.0 Å². The number of methoxy groups -OCH3 is 1. The summed E-state index contributed by atoms with van der Waals surface area (Å²) in [6.07, 6.45) is -2.68. The Bertz CT molecular complexity index is 573. The Labute approximate surface area is 155 Å². The number of benzene rings is 1. The Morgan fingerprint density at radius 3 is 1.79 bits per heavy atom. The molecule has 0 spiro atoms. The number of hydrogen-bond donors (Lipinski definition) is 1. The van der Waals surface area contributed by atoms with Crippen LogP contribution >= 0.6 is 28.7 Å². The van der Waals surface area contributed by atoms with Crippen LogP contribution in [0.4, 0.5) is 0 Å². The van der Waals surface area contributed by atoms with Gasteiger partial charge >= 0.3 is 156 Å². The van der Waals surface area contributed by atoms with Crippen LogP contribution in [0.1, 0.15) is 64.7 Å². The molecule has 1 N–H and O–H groups in total. The van der Waals surface area contributed by atoms with Gasteiger partial charge in [0.2, 0.25) is 0 Å². The van der Waals surface area contributed by atoms with Gasteiger partial charge in [-0.15, -0.1) is 0 Å². The second-order valence-corrected chi connectivity index (χ2v) is 13.6. The van der Waals surface area contributed by atoms with E-state index in [0.717, 1.165) is 16.7 Å². The number of carbonyl (C=O) groups excluding carboxylic acids is 1. The van der Waals surface area contributed by atoms with Crippen molar-refractivity contribution < 1.29 is 14.4 Å². The summed E-state index contributed by atoms with van der Waals surface area (Å²) in [6.45, 7) is 12.4. The molecule has 0 radical (unpaired) electrons. The van der Waals surface area contributed by atoms with Crippen molar-refractivity contribution in [1.29, 1.82) is 0 Å². The molecule has 0 bridgehead atoms. The van der Waals surface area contributed by atoms with E-state index < -0.39 is 6.19 Å². The molecule has 1 aromatic rings. The first-order chi connectivity index (χ1) is 10.7. The van der Waals surface area contributed by atoms with E-state index >= 15 is 0 Å². The second-order valence-electron chi connectivity index (χ2n) is 8.18. The van der Waals surface area contributed by atoms with E-state index in [1.165, 1.54) is 7.11 Å². The third-order valence-electron chi connectivity index (χ3n) is 3.96. The summed E-state index contributed by atoms with van der Waals surface area (Å²) in [7, 11) is 1.39. The van der Waals surface area contributed by atoms with Gasteiger partial charge < -0.3 is 0 Å². The van der Waals surface area contributed by atoms with Crippen molar-refractivity contribution in [3.8, 4) is 0 Å². The zero-order chi connectivity index (χ0) is 18.9. The van der Waals surface area contributed by atoms with Gasteiger partial charge in [0.15, 0.2) is 0 Å². The molecule has 0 aliphatic carbocycles. The first kappa shape index (κ1) is 21.7. The summed E-state index contributed by atoms with van der Waals surface area (Å²) >= 11 is 12.5. The van der Waals surface area contributed by atoms with E-state index in [9.17, 15) is 9.69 Å². The van der Waals surface area contributed by atoms with E-state index in [0.29, 0.717) is 18.1 Å². The molecule has 1 aromatic carbocycles. The van der Waals surface area contributed by atoms with Gasteiger partial charge in [-0.2, -0.15) is 0 Å². The molecular formula is C18H29Cl2O3P. The van der Waals surface area contributed by atoms with E-state index in [2.05, 4.69) is 41.5 Å². The summed E-state index contributed by atoms with van der Waals surface area (Å²) < 4.78 is 4.73. The standard InChI is InChI=1S/C18H29Cl2O3P/c1-17(2,3)13-10-12(8-9-15(21)23-7)11-14(18(4,5)6)16(13)24(19,20)22/h10-11,22,24H,8-9H2,1-7H3. The molecule has 0 aliphatic heterocycles. The number of aryl methyl sites for hydroxylation is 1. The Balaban J connectivity index is 3.61. The molecule has 0 aromatic heterocycles. The van der Waals surface area contributed by atoms with E-state index in [4.69, 9.17) is 27.2 Å². The van der Waals surface area contributed by atoms with Crippen molar-refractivity contribution in [3.63, 3.8) is 0 Å². The SMILES string of the molecule is COC(=O)CCc1cc(C(C)(C)C)c([PH](O)(Cl)Cl)c(C(C)(C)C)c1. The normalized spacial score (nSPS) is 13.8. The Kier molecular flexibility index (Phi) is 6.78. The minimum atomic E-state index is -3.56. The van der Waals surface area contributed by atoms with Crippen LogP contribution in [0.3, 0.4) is 0 Å². The molecule has 1 rings (SSSR count). The molecule has 6 heteroatoms. The molecule has 0 fully saturated rings. The number of halogens is 2. The molecule has 0 atom stereocenters. The molecule has 138 valence electrons. The summed E-state index contributed by atoms with van der Waals surface area (Å²) in [5, 5.41) is 0.674. The van der Waals surface area contributed by atoms with Crippen LogP contribution < -0.4 is 5.30 Å². The topological polar surface area (TPSA) is 46.5 Å². The quantitative estimate of drug-likeness (QED) is 0.578. The molecule has 0 unspecified atom stereocenters. The Morgan fingerprint density at radius 1 is 1.08 bits per heavy atom. The van der Waals surface area contributed by atoms with E-state index in [-0.39, 0.29) is 16.8 Å². The van der Waals surface area contributed by atoms with Crippen LogP contribution in [0, 0.1) is 0 Å². The zero-order valence-electron chi connectivity index (χ0n) is 15.6. The number of ether oxygens (including phenoxy) is 1. The molecule has 3 nitrogen and oxygen atoms in total. The molecule has 0 saturated carbocycles. The minimum absolute atomic E-state index is 0.235. The average molecular weight is 395 g/mol. The van der Waals surface area contributed by atoms with Gasteiger partial charge in [-0.1, -0.05) is 0 Å². The number of carbonyl (C=O) groups is 1. The van der Waals surface area contributed by atoms with Crippen molar-refractivity contribution in [2.24, 2.45) is 0 Å². The van der Waals surface area contributed by atoms with Gasteiger partial charge in [-0.3, -0.25) is 0 Å². The molecule has 24 heavy (non-hydrogen) atoms. The van der Waals surface area contributed by atoms with Crippen molar-refractivity contribution in [2.75, 3.05) is 7.11 Å². The van der Waals surface area contributed by atoms with Crippen LogP contribution in [-0.2, 0) is 26.8 Å². The summed E-state index contributed by atoms with van der Waals surface area (Å²) in [4.78, 5) is 22.0. The second kappa shape index (κ2) is 7.50. The maximum atomic E-state index is 11.5. The monoisotopic (exact) mass is 394 g/mol. The van der Waals surface area contributed by atoms with Crippen molar-refractivity contribution in [1.82, 2.24) is 0 Å². The predicted molar refractivity (Wildman–Crippen MR) is 106 cm³/mol. The van der Waals surface area contributed by atoms with Gasteiger partial charge in [0.25, 0.3) is 0 Å².